The van der Waals surface area contributed by atoms with Crippen LogP contribution in [0.5, 0.6) is 23.3 Å². The van der Waals surface area contributed by atoms with Crippen LogP contribution >= 0.6 is 0 Å². The van der Waals surface area contributed by atoms with Gasteiger partial charge in [-0.2, -0.15) is 13.2 Å². The number of piperidine rings is 1. The fourth-order valence-corrected chi connectivity index (χ4v) is 7.06. The van der Waals surface area contributed by atoms with Crippen LogP contribution < -0.4 is 20.9 Å². The highest BCUT2D eigenvalue weighted by Gasteiger charge is 2.41. The van der Waals surface area contributed by atoms with Gasteiger partial charge in [-0.25, -0.2) is 14.4 Å². The van der Waals surface area contributed by atoms with E-state index in [1.807, 2.05) is 72.8 Å². The minimum atomic E-state index is -4.11. The number of hydrogen-bond donors (Lipinski definition) is 2. The summed E-state index contributed by atoms with van der Waals surface area (Å²) in [5, 5.41) is 3.89. The number of nitrogens with two attached hydrogens (primary N) is 2. The lowest BCUT2D eigenvalue weighted by molar-refractivity contribution is -0.185. The van der Waals surface area contributed by atoms with Gasteiger partial charge in [-0.3, -0.25) is 19.4 Å². The number of alkyl halides is 4. The van der Waals surface area contributed by atoms with E-state index >= 15 is 0 Å². The number of fused-ring (bicyclic) bond motifs is 2. The standard InChI is InChI=1S/C23H22F3N3O2.C20H18FN3O2/c24-23(25,26)17-9-11-29(12-10-17)14-16-5-7-20(19-4-2-1-3-18(16)19)31-21-8-6-15(13-28-21)22(27)30;21-15-11-24(12-15)10-14-5-7-18(17-4-2-1-3-16(14)17)26-19-8-6-13(9-23-19)20(22)25/h1-8,13,17H,9-12,14H2,(H2,27,30);1-9,15H,10-12H2,(H2,22,25). The monoisotopic (exact) mass is 780 g/mol. The second kappa shape index (κ2) is 16.9. The molecule has 2 saturated heterocycles. The molecule has 0 unspecified atom stereocenters. The molecular formula is C43H40F4N6O4. The van der Waals surface area contributed by atoms with Gasteiger partial charge < -0.3 is 20.9 Å². The first kappa shape index (κ1) is 39.1. The molecule has 8 rings (SSSR count). The van der Waals surface area contributed by atoms with E-state index in [4.69, 9.17) is 20.9 Å². The highest BCUT2D eigenvalue weighted by atomic mass is 19.4. The fraction of sp³-hybridized carbons (Fsp3) is 0.256. The number of hydrogen-bond acceptors (Lipinski definition) is 8. The molecule has 6 aromatic rings. The Hall–Kier alpha value is -6.12. The quantitative estimate of drug-likeness (QED) is 0.133. The van der Waals surface area contributed by atoms with Crippen LogP contribution in [0.25, 0.3) is 21.5 Å². The van der Waals surface area contributed by atoms with Gasteiger partial charge in [0.05, 0.1) is 17.0 Å². The number of ether oxygens (including phenoxy) is 2. The normalized spacial score (nSPS) is 15.4. The van der Waals surface area contributed by atoms with E-state index in [0.29, 0.717) is 73.7 Å². The zero-order valence-electron chi connectivity index (χ0n) is 30.8. The van der Waals surface area contributed by atoms with Gasteiger partial charge in [-0.05, 0) is 72.1 Å². The fourth-order valence-electron chi connectivity index (χ4n) is 7.06. The minimum Gasteiger partial charge on any atom is -0.438 e. The van der Waals surface area contributed by atoms with Crippen LogP contribution in [0.15, 0.2) is 109 Å². The summed E-state index contributed by atoms with van der Waals surface area (Å²) in [6.07, 6.45) is -1.80. The number of halogens is 4. The molecule has 0 aliphatic carbocycles. The van der Waals surface area contributed by atoms with E-state index in [0.717, 1.165) is 32.7 Å². The van der Waals surface area contributed by atoms with Crippen LogP contribution in [0.1, 0.15) is 44.7 Å². The maximum Gasteiger partial charge on any atom is 0.391 e. The number of likely N-dealkylation sites (tertiary alicyclic amines) is 2. The number of rotatable bonds is 10. The van der Waals surface area contributed by atoms with E-state index in [-0.39, 0.29) is 12.8 Å². The molecule has 2 aliphatic rings. The molecule has 2 aliphatic heterocycles. The van der Waals surface area contributed by atoms with Crippen molar-refractivity contribution in [1.29, 1.82) is 0 Å². The third-order valence-corrected chi connectivity index (χ3v) is 10.2. The lowest BCUT2D eigenvalue weighted by Crippen LogP contribution is -2.47. The van der Waals surface area contributed by atoms with Gasteiger partial charge in [0.2, 0.25) is 23.6 Å². The lowest BCUT2D eigenvalue weighted by Gasteiger charge is -2.34. The molecule has 4 aromatic carbocycles. The Morgan fingerprint density at radius 2 is 1.07 bits per heavy atom. The Balaban J connectivity index is 0.000000177. The predicted molar refractivity (Wildman–Crippen MR) is 208 cm³/mol. The minimum absolute atomic E-state index is 0.135. The van der Waals surface area contributed by atoms with Crippen molar-refractivity contribution >= 4 is 33.4 Å². The van der Waals surface area contributed by atoms with Crippen molar-refractivity contribution in [2.75, 3.05) is 26.2 Å². The second-order valence-corrected chi connectivity index (χ2v) is 14.1. The highest BCUT2D eigenvalue weighted by Crippen LogP contribution is 2.37. The molecule has 4 heterocycles. The molecule has 294 valence electrons. The molecule has 0 bridgehead atoms. The number of benzene rings is 4. The first-order chi connectivity index (χ1) is 27.4. The summed E-state index contributed by atoms with van der Waals surface area (Å²) in [5.41, 5.74) is 13.3. The van der Waals surface area contributed by atoms with Crippen molar-refractivity contribution in [2.45, 2.75) is 38.3 Å². The van der Waals surface area contributed by atoms with E-state index in [9.17, 15) is 27.2 Å². The van der Waals surface area contributed by atoms with Crippen molar-refractivity contribution in [3.8, 4) is 23.3 Å². The van der Waals surface area contributed by atoms with Crippen LogP contribution in [0.4, 0.5) is 17.6 Å². The average molecular weight is 781 g/mol. The molecule has 0 saturated carbocycles. The van der Waals surface area contributed by atoms with Gasteiger partial charge >= 0.3 is 6.18 Å². The van der Waals surface area contributed by atoms with E-state index in [1.54, 1.807) is 24.3 Å². The van der Waals surface area contributed by atoms with Crippen molar-refractivity contribution < 1.29 is 36.6 Å². The molecule has 0 radical (unpaired) electrons. The maximum absolute atomic E-state index is 13.1. The Morgan fingerprint density at radius 3 is 1.46 bits per heavy atom. The molecule has 57 heavy (non-hydrogen) atoms. The van der Waals surface area contributed by atoms with Crippen molar-refractivity contribution in [2.24, 2.45) is 17.4 Å². The zero-order chi connectivity index (χ0) is 40.1. The van der Waals surface area contributed by atoms with Gasteiger partial charge in [-0.15, -0.1) is 0 Å². The number of primary amides is 2. The first-order valence-corrected chi connectivity index (χ1v) is 18.5. The number of nitrogens with zero attached hydrogens (tertiary/aromatic N) is 4. The Kier molecular flexibility index (Phi) is 11.6. The summed E-state index contributed by atoms with van der Waals surface area (Å²) in [6, 6.07) is 29.7. The SMILES string of the molecule is NC(=O)c1ccc(Oc2ccc(CN3CC(F)C3)c3ccccc23)nc1.NC(=O)c1ccc(Oc2ccc(CN3CCC(C(F)(F)F)CC3)c3ccccc23)nc1. The molecule has 0 atom stereocenters. The van der Waals surface area contributed by atoms with Crippen LogP contribution in [0.3, 0.4) is 0 Å². The Morgan fingerprint density at radius 1 is 0.632 bits per heavy atom. The summed E-state index contributed by atoms with van der Waals surface area (Å²) < 4.78 is 63.7. The van der Waals surface area contributed by atoms with Crippen molar-refractivity contribution in [3.05, 3.63) is 132 Å². The zero-order valence-corrected chi connectivity index (χ0v) is 30.8. The number of aromatic nitrogens is 2. The molecule has 4 N–H and O–H groups in total. The summed E-state index contributed by atoms with van der Waals surface area (Å²) in [7, 11) is 0. The van der Waals surface area contributed by atoms with Gasteiger partial charge in [0.1, 0.15) is 17.7 Å². The van der Waals surface area contributed by atoms with E-state index in [2.05, 4.69) is 19.8 Å². The smallest absolute Gasteiger partial charge is 0.391 e. The van der Waals surface area contributed by atoms with Crippen LogP contribution in [-0.2, 0) is 13.1 Å². The molecular weight excluding hydrogens is 741 g/mol. The number of pyridine rings is 2. The summed E-state index contributed by atoms with van der Waals surface area (Å²) in [4.78, 5) is 34.7. The molecule has 0 spiro atoms. The van der Waals surface area contributed by atoms with Gasteiger partial charge in [0.15, 0.2) is 0 Å². The average Bonchev–Trinajstić information content (AvgIpc) is 3.19. The topological polar surface area (TPSA) is 137 Å². The summed E-state index contributed by atoms with van der Waals surface area (Å²) in [6.45, 7) is 3.12. The predicted octanol–water partition coefficient (Wildman–Crippen LogP) is 8.18. The largest absolute Gasteiger partial charge is 0.438 e. The van der Waals surface area contributed by atoms with Crippen molar-refractivity contribution in [3.63, 3.8) is 0 Å². The van der Waals surface area contributed by atoms with Gasteiger partial charge in [-0.1, -0.05) is 60.7 Å². The van der Waals surface area contributed by atoms with Crippen LogP contribution in [0.2, 0.25) is 0 Å². The van der Waals surface area contributed by atoms with Gasteiger partial charge in [0, 0.05) is 61.5 Å². The number of carbonyl (C=O) groups excluding carboxylic acids is 2. The van der Waals surface area contributed by atoms with E-state index in [1.165, 1.54) is 12.4 Å². The van der Waals surface area contributed by atoms with Crippen molar-refractivity contribution in [1.82, 2.24) is 19.8 Å². The number of amides is 2. The third kappa shape index (κ3) is 9.47. The van der Waals surface area contributed by atoms with Gasteiger partial charge in [0.25, 0.3) is 0 Å². The Labute approximate surface area is 326 Å². The van der Waals surface area contributed by atoms with Crippen LogP contribution in [0, 0.1) is 5.92 Å². The first-order valence-electron chi connectivity index (χ1n) is 18.5. The molecule has 14 heteroatoms. The molecule has 2 aromatic heterocycles. The number of carbonyl (C=O) groups is 2. The Bertz CT molecular complexity index is 2360. The molecule has 2 fully saturated rings. The third-order valence-electron chi connectivity index (χ3n) is 10.2. The van der Waals surface area contributed by atoms with E-state index < -0.39 is 30.1 Å². The highest BCUT2D eigenvalue weighted by molar-refractivity contribution is 5.94. The maximum atomic E-state index is 13.1. The molecule has 10 nitrogen and oxygen atoms in total. The summed E-state index contributed by atoms with van der Waals surface area (Å²) in [5.74, 6) is -0.295. The molecule has 2 amide bonds. The van der Waals surface area contributed by atoms with Crippen LogP contribution in [-0.4, -0.2) is 70.1 Å². The lowest BCUT2D eigenvalue weighted by atomic mass is 9.95. The second-order valence-electron chi connectivity index (χ2n) is 14.1. The summed E-state index contributed by atoms with van der Waals surface area (Å²) >= 11 is 0.